The summed E-state index contributed by atoms with van der Waals surface area (Å²) in [5.74, 6) is -0.572. The van der Waals surface area contributed by atoms with Crippen LogP contribution < -0.4 is 0 Å². The van der Waals surface area contributed by atoms with Crippen LogP contribution in [0, 0.1) is 5.92 Å². The van der Waals surface area contributed by atoms with Crippen molar-refractivity contribution in [1.29, 1.82) is 0 Å². The number of hydrogen-bond acceptors (Lipinski definition) is 5. The van der Waals surface area contributed by atoms with Crippen molar-refractivity contribution in [2.75, 3.05) is 0 Å². The molecule has 0 spiro atoms. The molecule has 0 aromatic heterocycles. The van der Waals surface area contributed by atoms with Gasteiger partial charge >= 0.3 is 5.97 Å². The molecule has 0 heterocycles. The molecule has 1 rings (SSSR count). The molecule has 2 atom stereocenters. The molecule has 0 aliphatic heterocycles. The van der Waals surface area contributed by atoms with Crippen LogP contribution in [0.1, 0.15) is 76.1 Å². The molecular weight excluding hydrogens is 348 g/mol. The summed E-state index contributed by atoms with van der Waals surface area (Å²) < 4.78 is 0. The number of carboxylic acid groups (broad SMARTS) is 1. The third kappa shape index (κ3) is 12.2. The number of Topliss-reactive ketones (excluding diaryl/α,β-unsaturated/α-hetero) is 1. The van der Waals surface area contributed by atoms with E-state index in [0.717, 1.165) is 18.8 Å². The molecule has 0 aliphatic carbocycles. The Labute approximate surface area is 161 Å². The first-order valence-electron chi connectivity index (χ1n) is 9.60. The van der Waals surface area contributed by atoms with E-state index in [9.17, 15) is 19.8 Å². The van der Waals surface area contributed by atoms with Gasteiger partial charge in [-0.2, -0.15) is 0 Å². The predicted molar refractivity (Wildman–Crippen MR) is 105 cm³/mol. The Balaban J connectivity index is 0.000000569. The highest BCUT2D eigenvalue weighted by Crippen LogP contribution is 2.13. The van der Waals surface area contributed by atoms with Gasteiger partial charge in [-0.15, -0.1) is 0 Å². The maximum atomic E-state index is 11.2. The fourth-order valence-electron chi connectivity index (χ4n) is 2.48. The Bertz CT molecular complexity index is 555. The second-order valence-electron chi connectivity index (χ2n) is 7.07. The first-order valence-corrected chi connectivity index (χ1v) is 9.60. The molecule has 6 nitrogen and oxygen atoms in total. The van der Waals surface area contributed by atoms with Crippen molar-refractivity contribution >= 4 is 11.8 Å². The minimum atomic E-state index is -1.18. The average molecular weight is 382 g/mol. The third-order valence-electron chi connectivity index (χ3n) is 4.17. The van der Waals surface area contributed by atoms with Crippen LogP contribution >= 0.6 is 0 Å². The van der Waals surface area contributed by atoms with E-state index in [4.69, 9.17) is 10.2 Å². The number of aliphatic hydroxyl groups excluding tert-OH is 2. The Morgan fingerprint density at radius 2 is 1.59 bits per heavy atom. The van der Waals surface area contributed by atoms with Crippen molar-refractivity contribution in [3.63, 3.8) is 0 Å². The lowest BCUT2D eigenvalue weighted by atomic mass is 10.00. The number of phenolic OH excluding ortho intramolecular Hbond substituents is 1. The van der Waals surface area contributed by atoms with E-state index >= 15 is 0 Å². The summed E-state index contributed by atoms with van der Waals surface area (Å²) in [4.78, 5) is 21.4. The number of carbonyl (C=O) groups is 2. The maximum absolute atomic E-state index is 11.2. The highest BCUT2D eigenvalue weighted by molar-refractivity contribution is 5.87. The molecule has 0 aliphatic rings. The zero-order chi connectivity index (χ0) is 20.8. The number of aromatic hydroxyl groups is 1. The number of carboxylic acids is 1. The lowest BCUT2D eigenvalue weighted by molar-refractivity contribution is -0.132. The zero-order valence-corrected chi connectivity index (χ0v) is 16.6. The first kappa shape index (κ1) is 25.1. The SMILES string of the molecule is CCC(=O)C(O)C(O)CCCCCCC(C)C.O=C(O)c1cccc(O)c1. The Morgan fingerprint density at radius 1 is 1.00 bits per heavy atom. The highest BCUT2D eigenvalue weighted by Gasteiger charge is 2.21. The lowest BCUT2D eigenvalue weighted by Crippen LogP contribution is -2.33. The van der Waals surface area contributed by atoms with E-state index in [0.29, 0.717) is 6.42 Å². The second-order valence-corrected chi connectivity index (χ2v) is 7.07. The van der Waals surface area contributed by atoms with Gasteiger partial charge in [-0.1, -0.05) is 58.9 Å². The third-order valence-corrected chi connectivity index (χ3v) is 4.17. The standard InChI is InChI=1S/C14H28O3.C7H6O3/c1-4-12(15)14(17)13(16)10-8-6-5-7-9-11(2)3;8-6-3-1-2-5(4-6)7(9)10/h11,13-14,16-17H,4-10H2,1-3H3;1-4,8H,(H,9,10). The summed E-state index contributed by atoms with van der Waals surface area (Å²) >= 11 is 0. The number of hydrogen-bond donors (Lipinski definition) is 4. The molecule has 0 saturated carbocycles. The molecule has 2 unspecified atom stereocenters. The van der Waals surface area contributed by atoms with Crippen molar-refractivity contribution in [1.82, 2.24) is 0 Å². The topological polar surface area (TPSA) is 115 Å². The quantitative estimate of drug-likeness (QED) is 0.433. The number of carbonyl (C=O) groups excluding carboxylic acids is 1. The zero-order valence-electron chi connectivity index (χ0n) is 16.6. The summed E-state index contributed by atoms with van der Waals surface area (Å²) in [5, 5.41) is 36.3. The molecule has 0 fully saturated rings. The van der Waals surface area contributed by atoms with Gasteiger partial charge in [0.15, 0.2) is 5.78 Å². The minimum Gasteiger partial charge on any atom is -0.508 e. The number of ketones is 1. The van der Waals surface area contributed by atoms with Gasteiger partial charge in [0.2, 0.25) is 0 Å². The van der Waals surface area contributed by atoms with Crippen molar-refractivity contribution in [2.45, 2.75) is 77.9 Å². The number of benzene rings is 1. The summed E-state index contributed by atoms with van der Waals surface area (Å²) in [6, 6.07) is 5.52. The molecule has 0 saturated heterocycles. The molecule has 0 radical (unpaired) electrons. The van der Waals surface area contributed by atoms with Gasteiger partial charge in [0.1, 0.15) is 11.9 Å². The van der Waals surface area contributed by atoms with Crippen molar-refractivity contribution in [3.05, 3.63) is 29.8 Å². The Kier molecular flexibility index (Phi) is 13.2. The summed E-state index contributed by atoms with van der Waals surface area (Å²) in [6.45, 7) is 6.14. The fourth-order valence-corrected chi connectivity index (χ4v) is 2.48. The second kappa shape index (κ2) is 14.2. The molecule has 27 heavy (non-hydrogen) atoms. The lowest BCUT2D eigenvalue weighted by Gasteiger charge is -2.15. The van der Waals surface area contributed by atoms with E-state index in [-0.39, 0.29) is 23.5 Å². The number of unbranched alkanes of at least 4 members (excludes halogenated alkanes) is 3. The molecular formula is C21H34O6. The number of aromatic carboxylic acids is 1. The van der Waals surface area contributed by atoms with Gasteiger partial charge in [-0.05, 0) is 30.5 Å². The van der Waals surface area contributed by atoms with Crippen LogP contribution in [0.25, 0.3) is 0 Å². The van der Waals surface area contributed by atoms with Gasteiger partial charge in [-0.3, -0.25) is 4.79 Å². The monoisotopic (exact) mass is 382 g/mol. The molecule has 1 aromatic rings. The van der Waals surface area contributed by atoms with Gasteiger partial charge in [-0.25, -0.2) is 4.79 Å². The molecule has 0 amide bonds. The largest absolute Gasteiger partial charge is 0.508 e. The van der Waals surface area contributed by atoms with E-state index < -0.39 is 18.2 Å². The molecule has 0 bridgehead atoms. The van der Waals surface area contributed by atoms with Gasteiger partial charge in [0.05, 0.1) is 11.7 Å². The van der Waals surface area contributed by atoms with Crippen LogP contribution in [0.5, 0.6) is 5.75 Å². The smallest absolute Gasteiger partial charge is 0.335 e. The van der Waals surface area contributed by atoms with Gasteiger partial charge in [0, 0.05) is 6.42 Å². The molecule has 1 aromatic carbocycles. The van der Waals surface area contributed by atoms with Crippen LogP contribution in [0.2, 0.25) is 0 Å². The van der Waals surface area contributed by atoms with Crippen LogP contribution in [-0.4, -0.2) is 44.4 Å². The van der Waals surface area contributed by atoms with E-state index in [1.165, 1.54) is 43.5 Å². The van der Waals surface area contributed by atoms with Crippen LogP contribution in [0.4, 0.5) is 0 Å². The van der Waals surface area contributed by atoms with E-state index in [2.05, 4.69) is 13.8 Å². The molecule has 154 valence electrons. The molecule has 4 N–H and O–H groups in total. The summed E-state index contributed by atoms with van der Waals surface area (Å²) in [6.07, 6.45) is 4.33. The Morgan fingerprint density at radius 3 is 2.04 bits per heavy atom. The van der Waals surface area contributed by atoms with E-state index in [1.807, 2.05) is 0 Å². The minimum absolute atomic E-state index is 0.0279. The van der Waals surface area contributed by atoms with Crippen molar-refractivity contribution < 1.29 is 30.0 Å². The number of rotatable bonds is 11. The number of phenols is 1. The van der Waals surface area contributed by atoms with Crippen molar-refractivity contribution in [2.24, 2.45) is 5.92 Å². The van der Waals surface area contributed by atoms with Crippen LogP contribution in [0.3, 0.4) is 0 Å². The Hall–Kier alpha value is -1.92. The summed E-state index contributed by atoms with van der Waals surface area (Å²) in [5.41, 5.74) is 0.0972. The fraction of sp³-hybridized carbons (Fsp3) is 0.619. The predicted octanol–water partition coefficient (Wildman–Crippen LogP) is 3.77. The van der Waals surface area contributed by atoms with Gasteiger partial charge in [0.25, 0.3) is 0 Å². The average Bonchev–Trinajstić information content (AvgIpc) is 2.63. The van der Waals surface area contributed by atoms with Crippen molar-refractivity contribution in [3.8, 4) is 5.75 Å². The normalized spacial score (nSPS) is 12.8. The highest BCUT2D eigenvalue weighted by atomic mass is 16.4. The maximum Gasteiger partial charge on any atom is 0.335 e. The first-order chi connectivity index (χ1) is 12.7. The number of aliphatic hydroxyl groups is 2. The summed E-state index contributed by atoms with van der Waals surface area (Å²) in [7, 11) is 0. The van der Waals surface area contributed by atoms with Crippen LogP contribution in [-0.2, 0) is 4.79 Å². The molecule has 6 heteroatoms. The van der Waals surface area contributed by atoms with Gasteiger partial charge < -0.3 is 20.4 Å². The van der Waals surface area contributed by atoms with E-state index in [1.54, 1.807) is 6.92 Å². The van der Waals surface area contributed by atoms with Crippen LogP contribution in [0.15, 0.2) is 24.3 Å².